The molecule has 18 fully saturated rings. The number of nitrogens with zero attached hydrogens (tertiary/aromatic N) is 17. The molecule has 1 saturated heterocycles. The Kier molecular flexibility index (Phi) is 29.2. The summed E-state index contributed by atoms with van der Waals surface area (Å²) in [7, 11) is -14.9. The van der Waals surface area contributed by atoms with Crippen molar-refractivity contribution in [1.82, 2.24) is 82.3 Å². The molecule has 1 aliphatic heterocycles. The quantitative estimate of drug-likeness (QED) is 0.0421. The summed E-state index contributed by atoms with van der Waals surface area (Å²) in [5.41, 5.74) is 9.56. The van der Waals surface area contributed by atoms with Crippen molar-refractivity contribution in [3.63, 3.8) is 0 Å². The standard InChI is InChI=1S/C25H30N4O4S.C22H29BrN4O4S.C22H31N3O3S.C22H29N3O3S.C17H24N4O3S/c1-32-24-19(4-3-5-26-24)20-13-29-22(27-28-23(29)14-34(2,30)31)9-21(20)33-15-25-10-16-6-17(11-25)8-18(7-16)12-25;23-18-12-27-20(24-25-21(27)13-32(28,29)26-1-3-30-4-2-26)8-19(18)31-14-22-9-15-5-16(10-22)7-17(6-15)11-22;2*1-14(2)18-11-25-20(23-24-21(25)12-29(3,26)27)7-19(18)28-13-22-8-15-4-16(9-22)6-17(5-15)10-22;1-4-13-11-21-15(18-19-16(21)20-25(3,22)23)10-14(13)24-12-17(2)8-6-5-7-9-17/h3-5,9,13,16-18H,6-8,10-12,14-15H2,1-2H3;8,12,15-17H,1-7,9-11,13-14H2;7,11,14-17H,4-6,8-10,12-13H2,1-3H3;7,11,15-17H,1,4-6,8-10,12-13H2,2-3H3;4,10-11H,1,5-9,12H2,2-3H3,(H,19,20). The van der Waals surface area contributed by atoms with E-state index in [0.29, 0.717) is 125 Å². The van der Waals surface area contributed by atoms with Crippen LogP contribution in [0.1, 0.15) is 260 Å². The number of methoxy groups -OCH3 is 1. The third-order valence-corrected chi connectivity index (χ3v) is 40.2. The van der Waals surface area contributed by atoms with Gasteiger partial charge < -0.3 is 33.2 Å². The number of ether oxygens (including phenoxy) is 7. The number of pyridine rings is 6. The summed E-state index contributed by atoms with van der Waals surface area (Å²) in [6.45, 7) is 21.6. The van der Waals surface area contributed by atoms with Crippen molar-refractivity contribution < 1.29 is 75.2 Å². The number of hydrogen-bond acceptors (Lipinski definition) is 28. The van der Waals surface area contributed by atoms with Gasteiger partial charge in [0.25, 0.3) is 0 Å². The minimum absolute atomic E-state index is 0.112. The Hall–Kier alpha value is -9.52. The molecule has 0 radical (unpaired) electrons. The number of fused-ring (bicyclic) bond motifs is 5. The van der Waals surface area contributed by atoms with Crippen LogP contribution in [0.4, 0.5) is 5.95 Å². The largest absolute Gasteiger partial charge is 0.493 e. The fourth-order valence-corrected chi connectivity index (χ4v) is 34.6. The molecule has 35 nitrogen and oxygen atoms in total. The molecule has 1 N–H and O–H groups in total. The molecule has 0 amide bonds. The Morgan fingerprint density at radius 2 is 0.826 bits per heavy atom. The van der Waals surface area contributed by atoms with Crippen LogP contribution in [-0.4, -0.2) is 216 Å². The molecule has 0 spiro atoms. The van der Waals surface area contributed by atoms with Crippen LogP contribution in [0.2, 0.25) is 0 Å². The Morgan fingerprint density at radius 3 is 1.25 bits per heavy atom. The number of allylic oxidation sites excluding steroid dienone is 1. The molecule has 149 heavy (non-hydrogen) atoms. The maximum Gasteiger partial charge on any atom is 0.242 e. The van der Waals surface area contributed by atoms with Gasteiger partial charge in [-0.2, -0.15) is 4.31 Å². The minimum atomic E-state index is -3.47. The number of halogens is 1. The summed E-state index contributed by atoms with van der Waals surface area (Å²) in [6.07, 6.45) is 56.0. The molecule has 17 saturated carbocycles. The molecule has 0 unspecified atom stereocenters. The molecular weight excluding hydrogens is 2060 g/mol. The number of rotatable bonds is 31. The van der Waals surface area contributed by atoms with Gasteiger partial charge in [0.05, 0.1) is 64.1 Å². The second kappa shape index (κ2) is 41.4. The fraction of sp³-hybridized carbons (Fsp3) is 0.639. The molecule has 18 aliphatic rings. The average molecular weight is 2210 g/mol. The van der Waals surface area contributed by atoms with E-state index in [1.54, 1.807) is 53.6 Å². The summed E-state index contributed by atoms with van der Waals surface area (Å²) < 4.78 is 175. The van der Waals surface area contributed by atoms with Crippen molar-refractivity contribution in [3.05, 3.63) is 137 Å². The molecule has 0 atom stereocenters. The van der Waals surface area contributed by atoms with Crippen LogP contribution in [0.3, 0.4) is 0 Å². The third-order valence-electron chi connectivity index (χ3n) is 34.9. The van der Waals surface area contributed by atoms with Crippen LogP contribution in [0.25, 0.3) is 51.0 Å². The van der Waals surface area contributed by atoms with Gasteiger partial charge in [-0.3, -0.25) is 26.7 Å². The lowest BCUT2D eigenvalue weighted by Gasteiger charge is -2.56. The van der Waals surface area contributed by atoms with E-state index in [4.69, 9.17) is 33.2 Å². The van der Waals surface area contributed by atoms with E-state index in [0.717, 1.165) is 152 Å². The van der Waals surface area contributed by atoms with Crippen LogP contribution in [0.15, 0.2) is 97.3 Å². The maximum atomic E-state index is 12.8. The first-order valence-corrected chi connectivity index (χ1v) is 63.9. The Balaban J connectivity index is 0.000000109. The SMILES string of the molecule is C=C(C)c1cn2c(CS(C)(=O)=O)nnc2cc1OCC12CC3CC(CC(C3)C1)C2.C=Cc1cn2c(NS(C)(=O)=O)nnc2cc1OCC1(C)CCCCC1.CC(C)c1cn2c(CS(C)(=O)=O)nnc2cc1OCC12CC3CC(CC(C3)C1)C2.COc1ncccc1-c1cn2c(CS(C)(=O)=O)nnc2cc1OCC12CC3CC(CC(C3)C1)C2.O=S(=O)(Cc1nnc2cc(OCC34CC5CC(CC(C5)C3)C4)c(Br)cn12)N1CCOCC1. The first-order chi connectivity index (χ1) is 70.9. The van der Waals surface area contributed by atoms with Crippen molar-refractivity contribution in [1.29, 1.82) is 0 Å². The predicted molar refractivity (Wildman–Crippen MR) is 572 cm³/mol. The monoisotopic (exact) mass is 2200 g/mol. The van der Waals surface area contributed by atoms with Crippen LogP contribution in [-0.2, 0) is 77.3 Å². The summed E-state index contributed by atoms with van der Waals surface area (Å²) in [5.74, 6) is 16.3. The van der Waals surface area contributed by atoms with Crippen molar-refractivity contribution in [2.45, 2.75) is 243 Å². The second-order valence-corrected chi connectivity index (χ2v) is 59.4. The fourth-order valence-electron chi connectivity index (χ4n) is 30.3. The lowest BCUT2D eigenvalue weighted by molar-refractivity contribution is -0.0747. The van der Waals surface area contributed by atoms with Crippen LogP contribution in [0, 0.1) is 98.1 Å². The van der Waals surface area contributed by atoms with Gasteiger partial charge in [-0.05, 0) is 284 Å². The summed E-state index contributed by atoms with van der Waals surface area (Å²) in [4.78, 5) is 4.36. The Bertz CT molecular complexity index is 7380. The molecule has 17 aliphatic carbocycles. The molecule has 12 heterocycles. The zero-order valence-electron chi connectivity index (χ0n) is 87.2. The zero-order chi connectivity index (χ0) is 104. The van der Waals surface area contributed by atoms with Gasteiger partial charge in [-0.25, -0.2) is 47.1 Å². The highest BCUT2D eigenvalue weighted by Gasteiger charge is 2.56. The lowest BCUT2D eigenvalue weighted by Crippen LogP contribution is -2.48. The van der Waals surface area contributed by atoms with Crippen molar-refractivity contribution in [2.24, 2.45) is 98.1 Å². The summed E-state index contributed by atoms with van der Waals surface area (Å²) >= 11 is 3.63. The molecule has 11 aromatic rings. The first-order valence-electron chi connectivity index (χ1n) is 53.4. The summed E-state index contributed by atoms with van der Waals surface area (Å²) in [5, 5.41) is 41.3. The van der Waals surface area contributed by atoms with Crippen molar-refractivity contribution in [3.8, 4) is 45.8 Å². The molecule has 804 valence electrons. The van der Waals surface area contributed by atoms with E-state index in [1.807, 2.05) is 68.1 Å². The molecule has 41 heteroatoms. The van der Waals surface area contributed by atoms with E-state index in [9.17, 15) is 42.1 Å². The Morgan fingerprint density at radius 1 is 0.456 bits per heavy atom. The Labute approximate surface area is 882 Å². The number of hydrogen-bond donors (Lipinski definition) is 1. The molecule has 11 aromatic heterocycles. The van der Waals surface area contributed by atoms with Gasteiger partial charge >= 0.3 is 0 Å². The van der Waals surface area contributed by atoms with Crippen LogP contribution in [0.5, 0.6) is 34.6 Å². The van der Waals surface area contributed by atoms with Gasteiger partial charge in [0, 0.05) is 154 Å². The highest BCUT2D eigenvalue weighted by molar-refractivity contribution is 9.10. The second-order valence-electron chi connectivity index (χ2n) is 48.4. The van der Waals surface area contributed by atoms with Crippen molar-refractivity contribution in [2.75, 3.05) is 96.2 Å². The van der Waals surface area contributed by atoms with Gasteiger partial charge in [0.1, 0.15) is 51.8 Å². The number of morpholine rings is 1. The van der Waals surface area contributed by atoms with E-state index >= 15 is 0 Å². The lowest BCUT2D eigenvalue weighted by atomic mass is 9.50. The van der Waals surface area contributed by atoms with Gasteiger partial charge in [0.2, 0.25) is 31.9 Å². The zero-order valence-corrected chi connectivity index (χ0v) is 92.8. The summed E-state index contributed by atoms with van der Waals surface area (Å²) in [6, 6.07) is 13.1. The topological polar surface area (TPSA) is 414 Å². The van der Waals surface area contributed by atoms with Gasteiger partial charge in [-0.15, -0.1) is 51.0 Å². The predicted octanol–water partition coefficient (Wildman–Crippen LogP) is 18.2. The molecule has 16 bridgehead atoms. The number of sulfone groups is 3. The van der Waals surface area contributed by atoms with E-state index in [1.165, 1.54) is 209 Å². The normalized spacial score (nSPS) is 28.3. The highest BCUT2D eigenvalue weighted by Crippen LogP contribution is 2.65. The average Bonchev–Trinajstić information content (AvgIpc) is 1.63. The molecule has 29 rings (SSSR count). The highest BCUT2D eigenvalue weighted by atomic mass is 79.9. The maximum absolute atomic E-state index is 12.8. The third kappa shape index (κ3) is 23.8. The number of anilines is 1. The van der Waals surface area contributed by atoms with Crippen LogP contribution >= 0.6 is 15.9 Å². The van der Waals surface area contributed by atoms with E-state index in [-0.39, 0.29) is 45.7 Å². The number of nitrogens with one attached hydrogen (secondary N) is 1. The van der Waals surface area contributed by atoms with Gasteiger partial charge in [-0.1, -0.05) is 59.3 Å². The van der Waals surface area contributed by atoms with E-state index in [2.05, 4.69) is 111 Å². The molecule has 0 aromatic carbocycles. The van der Waals surface area contributed by atoms with Gasteiger partial charge in [0.15, 0.2) is 81.0 Å². The number of sulfonamides is 2. The first kappa shape index (κ1) is 105. The van der Waals surface area contributed by atoms with Crippen molar-refractivity contribution >= 4 is 111 Å². The smallest absolute Gasteiger partial charge is 0.242 e. The van der Waals surface area contributed by atoms with E-state index < -0.39 is 49.6 Å². The number of aromatic nitrogens is 16. The minimum Gasteiger partial charge on any atom is -0.493 e. The molecular formula is C108H143BrN18O17S5. The van der Waals surface area contributed by atoms with Crippen LogP contribution < -0.4 is 33.1 Å².